The topological polar surface area (TPSA) is 73.1 Å². The normalized spacial score (nSPS) is 18.0. The van der Waals surface area contributed by atoms with Crippen LogP contribution >= 0.6 is 0 Å². The van der Waals surface area contributed by atoms with E-state index in [-0.39, 0.29) is 5.54 Å². The monoisotopic (exact) mass is 208 g/mol. The van der Waals surface area contributed by atoms with Crippen molar-refractivity contribution in [2.75, 3.05) is 19.0 Å². The van der Waals surface area contributed by atoms with Crippen LogP contribution in [0.3, 0.4) is 0 Å². The zero-order chi connectivity index (χ0) is 10.7. The molecule has 82 valence electrons. The highest BCUT2D eigenvalue weighted by Crippen LogP contribution is 2.33. The van der Waals surface area contributed by atoms with Crippen LogP contribution in [-0.4, -0.2) is 29.2 Å². The number of ether oxygens (including phenoxy) is 1. The van der Waals surface area contributed by atoms with Crippen LogP contribution in [0.2, 0.25) is 0 Å². The molecule has 0 atom stereocenters. The van der Waals surface area contributed by atoms with Crippen LogP contribution in [0.1, 0.15) is 19.3 Å². The van der Waals surface area contributed by atoms with Crippen molar-refractivity contribution >= 4 is 5.82 Å². The van der Waals surface area contributed by atoms with Gasteiger partial charge >= 0.3 is 0 Å². The minimum atomic E-state index is 0.0288. The molecule has 0 saturated heterocycles. The molecule has 0 aliphatic heterocycles. The average molecular weight is 208 g/mol. The number of hydrogen-bond acceptors (Lipinski definition) is 5. The molecule has 1 aromatic rings. The van der Waals surface area contributed by atoms with Gasteiger partial charge in [-0.1, -0.05) is 0 Å². The van der Waals surface area contributed by atoms with Crippen molar-refractivity contribution in [2.24, 2.45) is 5.73 Å². The van der Waals surface area contributed by atoms with Crippen LogP contribution in [0.25, 0.3) is 0 Å². The summed E-state index contributed by atoms with van der Waals surface area (Å²) in [5, 5.41) is 3.34. The van der Waals surface area contributed by atoms with E-state index in [9.17, 15) is 0 Å². The van der Waals surface area contributed by atoms with Crippen molar-refractivity contribution in [1.29, 1.82) is 0 Å². The molecule has 0 bridgehead atoms. The molecule has 2 rings (SSSR count). The third-order valence-electron chi connectivity index (χ3n) is 2.92. The van der Waals surface area contributed by atoms with Crippen LogP contribution in [0, 0.1) is 0 Å². The van der Waals surface area contributed by atoms with Crippen molar-refractivity contribution < 1.29 is 4.74 Å². The summed E-state index contributed by atoms with van der Waals surface area (Å²) in [5.41, 5.74) is 5.77. The molecule has 1 saturated carbocycles. The van der Waals surface area contributed by atoms with E-state index in [2.05, 4.69) is 15.3 Å². The Morgan fingerprint density at radius 1 is 1.53 bits per heavy atom. The van der Waals surface area contributed by atoms with E-state index >= 15 is 0 Å². The highest BCUT2D eigenvalue weighted by Gasteiger charge is 2.35. The number of rotatable bonds is 4. The summed E-state index contributed by atoms with van der Waals surface area (Å²) in [6, 6.07) is 0. The van der Waals surface area contributed by atoms with Crippen LogP contribution in [0.4, 0.5) is 5.82 Å². The van der Waals surface area contributed by atoms with Gasteiger partial charge in [0.1, 0.15) is 5.82 Å². The predicted octanol–water partition coefficient (Wildman–Crippen LogP) is 0.778. The second-order valence-electron chi connectivity index (χ2n) is 3.91. The summed E-state index contributed by atoms with van der Waals surface area (Å²) >= 11 is 0. The summed E-state index contributed by atoms with van der Waals surface area (Å²) < 4.78 is 5.01. The molecular weight excluding hydrogens is 192 g/mol. The molecule has 0 radical (unpaired) electrons. The van der Waals surface area contributed by atoms with Crippen molar-refractivity contribution in [3.63, 3.8) is 0 Å². The van der Waals surface area contributed by atoms with Crippen molar-refractivity contribution in [2.45, 2.75) is 24.8 Å². The number of nitrogens with one attached hydrogen (secondary N) is 1. The molecule has 1 aliphatic rings. The zero-order valence-electron chi connectivity index (χ0n) is 8.86. The summed E-state index contributed by atoms with van der Waals surface area (Å²) in [4.78, 5) is 8.30. The molecule has 0 aromatic carbocycles. The first kappa shape index (κ1) is 10.2. The first-order valence-corrected chi connectivity index (χ1v) is 5.12. The maximum Gasteiger partial charge on any atom is 0.233 e. The van der Waals surface area contributed by atoms with Gasteiger partial charge in [0.05, 0.1) is 25.0 Å². The fourth-order valence-electron chi connectivity index (χ4n) is 1.76. The summed E-state index contributed by atoms with van der Waals surface area (Å²) in [7, 11) is 1.58. The number of aromatic nitrogens is 2. The lowest BCUT2D eigenvalue weighted by Crippen LogP contribution is -2.51. The molecule has 0 spiro atoms. The van der Waals surface area contributed by atoms with Gasteiger partial charge in [0.25, 0.3) is 0 Å². The summed E-state index contributed by atoms with van der Waals surface area (Å²) in [5.74, 6) is 1.26. The molecule has 5 nitrogen and oxygen atoms in total. The maximum atomic E-state index is 5.75. The lowest BCUT2D eigenvalue weighted by atomic mass is 9.77. The van der Waals surface area contributed by atoms with Gasteiger partial charge in [-0.05, 0) is 19.3 Å². The first-order chi connectivity index (χ1) is 7.28. The molecule has 0 amide bonds. The molecule has 1 heterocycles. The quantitative estimate of drug-likeness (QED) is 0.765. The Hall–Kier alpha value is -1.36. The summed E-state index contributed by atoms with van der Waals surface area (Å²) in [6.07, 6.45) is 6.70. The van der Waals surface area contributed by atoms with Gasteiger partial charge in [0.2, 0.25) is 5.88 Å². The van der Waals surface area contributed by atoms with E-state index in [1.807, 2.05) is 0 Å². The molecule has 1 fully saturated rings. The number of hydrogen-bond donors (Lipinski definition) is 2. The zero-order valence-corrected chi connectivity index (χ0v) is 8.86. The van der Waals surface area contributed by atoms with E-state index < -0.39 is 0 Å². The fourth-order valence-corrected chi connectivity index (χ4v) is 1.76. The van der Waals surface area contributed by atoms with E-state index in [0.29, 0.717) is 12.4 Å². The predicted molar refractivity (Wildman–Crippen MR) is 57.8 cm³/mol. The minimum Gasteiger partial charge on any atom is -0.480 e. The van der Waals surface area contributed by atoms with Crippen LogP contribution in [0.5, 0.6) is 5.88 Å². The smallest absolute Gasteiger partial charge is 0.233 e. The Labute approximate surface area is 89.1 Å². The first-order valence-electron chi connectivity index (χ1n) is 5.12. The van der Waals surface area contributed by atoms with Gasteiger partial charge in [-0.3, -0.25) is 4.98 Å². The van der Waals surface area contributed by atoms with Gasteiger partial charge < -0.3 is 15.8 Å². The van der Waals surface area contributed by atoms with E-state index in [1.54, 1.807) is 19.5 Å². The Balaban J connectivity index is 2.09. The third-order valence-corrected chi connectivity index (χ3v) is 2.92. The Morgan fingerprint density at radius 3 is 2.87 bits per heavy atom. The highest BCUT2D eigenvalue weighted by atomic mass is 16.5. The lowest BCUT2D eigenvalue weighted by Gasteiger charge is -2.41. The number of nitrogens with zero attached hydrogens (tertiary/aromatic N) is 2. The van der Waals surface area contributed by atoms with Gasteiger partial charge in [-0.15, -0.1) is 0 Å². The molecule has 15 heavy (non-hydrogen) atoms. The van der Waals surface area contributed by atoms with Crippen molar-refractivity contribution in [1.82, 2.24) is 9.97 Å². The SMILES string of the molecule is COc1cncc(NC2(CN)CCC2)n1. The van der Waals surface area contributed by atoms with E-state index in [1.165, 1.54) is 6.42 Å². The van der Waals surface area contributed by atoms with Crippen LogP contribution in [-0.2, 0) is 0 Å². The van der Waals surface area contributed by atoms with Crippen molar-refractivity contribution in [3.8, 4) is 5.88 Å². The van der Waals surface area contributed by atoms with Gasteiger partial charge in [0.15, 0.2) is 0 Å². The second-order valence-corrected chi connectivity index (χ2v) is 3.91. The number of nitrogens with two attached hydrogens (primary N) is 1. The lowest BCUT2D eigenvalue weighted by molar-refractivity contribution is 0.286. The second kappa shape index (κ2) is 4.02. The largest absolute Gasteiger partial charge is 0.480 e. The Kier molecular flexibility index (Phi) is 2.73. The van der Waals surface area contributed by atoms with Gasteiger partial charge in [0, 0.05) is 6.54 Å². The minimum absolute atomic E-state index is 0.0288. The third kappa shape index (κ3) is 2.02. The van der Waals surface area contributed by atoms with Gasteiger partial charge in [-0.2, -0.15) is 4.98 Å². The molecule has 1 aromatic heterocycles. The molecule has 1 aliphatic carbocycles. The Bertz CT molecular complexity index is 332. The number of anilines is 1. The fraction of sp³-hybridized carbons (Fsp3) is 0.600. The number of methoxy groups -OCH3 is 1. The standard InChI is InChI=1S/C10H16N4O/c1-15-9-6-12-5-8(13-9)14-10(7-11)3-2-4-10/h5-6H,2-4,7,11H2,1H3,(H,13,14). The van der Waals surface area contributed by atoms with Crippen LogP contribution < -0.4 is 15.8 Å². The molecular formula is C10H16N4O. The van der Waals surface area contributed by atoms with Gasteiger partial charge in [-0.25, -0.2) is 0 Å². The molecule has 5 heteroatoms. The Morgan fingerprint density at radius 2 is 2.33 bits per heavy atom. The van der Waals surface area contributed by atoms with E-state index in [4.69, 9.17) is 10.5 Å². The maximum absolute atomic E-state index is 5.75. The summed E-state index contributed by atoms with van der Waals surface area (Å²) in [6.45, 7) is 0.631. The molecule has 3 N–H and O–H groups in total. The molecule has 0 unspecified atom stereocenters. The highest BCUT2D eigenvalue weighted by molar-refractivity contribution is 5.38. The van der Waals surface area contributed by atoms with Crippen LogP contribution in [0.15, 0.2) is 12.4 Å². The average Bonchev–Trinajstić information content (AvgIpc) is 2.24. The van der Waals surface area contributed by atoms with Crippen molar-refractivity contribution in [3.05, 3.63) is 12.4 Å². The van der Waals surface area contributed by atoms with E-state index in [0.717, 1.165) is 18.7 Å².